The molecule has 0 radical (unpaired) electrons. The van der Waals surface area contributed by atoms with Crippen molar-refractivity contribution < 1.29 is 14.3 Å². The van der Waals surface area contributed by atoms with E-state index in [1.54, 1.807) is 0 Å². The predicted molar refractivity (Wildman–Crippen MR) is 162 cm³/mol. The van der Waals surface area contributed by atoms with Crippen LogP contribution in [0.1, 0.15) is 57.7 Å². The second-order valence-electron chi connectivity index (χ2n) is 11.8. The number of aryl methyl sites for hydroxylation is 1. The zero-order valence-electron chi connectivity index (χ0n) is 24.2. The predicted octanol–water partition coefficient (Wildman–Crippen LogP) is 7.60. The van der Waals surface area contributed by atoms with Crippen molar-refractivity contribution >= 4 is 17.7 Å². The molecule has 0 unspecified atom stereocenters. The highest BCUT2D eigenvalue weighted by Crippen LogP contribution is 2.37. The van der Waals surface area contributed by atoms with Gasteiger partial charge in [0.25, 0.3) is 0 Å². The molecule has 1 saturated carbocycles. The molecule has 3 aromatic rings. The van der Waals surface area contributed by atoms with Gasteiger partial charge in [0.1, 0.15) is 17.9 Å². The van der Waals surface area contributed by atoms with E-state index in [1.807, 2.05) is 32.5 Å². The summed E-state index contributed by atoms with van der Waals surface area (Å²) in [6.07, 6.45) is 7.73. The van der Waals surface area contributed by atoms with E-state index in [2.05, 4.69) is 72.5 Å². The number of ether oxygens (including phenoxy) is 2. The molecule has 1 heterocycles. The summed E-state index contributed by atoms with van der Waals surface area (Å²) in [6.45, 7) is 9.38. The first-order chi connectivity index (χ1) is 18.7. The molecule has 0 saturated heterocycles. The topological polar surface area (TPSA) is 53.4 Å². The Morgan fingerprint density at radius 1 is 0.974 bits per heavy atom. The van der Waals surface area contributed by atoms with Gasteiger partial charge in [-0.15, -0.1) is 0 Å². The van der Waals surface area contributed by atoms with Gasteiger partial charge in [-0.1, -0.05) is 60.2 Å². The first-order valence-corrected chi connectivity index (χ1v) is 15.6. The van der Waals surface area contributed by atoms with E-state index in [1.165, 1.54) is 27.9 Å². The third-order valence-electron chi connectivity index (χ3n) is 7.38. The van der Waals surface area contributed by atoms with Gasteiger partial charge in [-0.25, -0.2) is 4.79 Å². The summed E-state index contributed by atoms with van der Waals surface area (Å²) in [5, 5.41) is 5.28. The van der Waals surface area contributed by atoms with Crippen LogP contribution >= 0.6 is 11.8 Å². The Labute approximate surface area is 238 Å². The number of esters is 1. The van der Waals surface area contributed by atoms with Gasteiger partial charge in [-0.3, -0.25) is 4.68 Å². The van der Waals surface area contributed by atoms with Gasteiger partial charge < -0.3 is 9.47 Å². The molecule has 4 rings (SSSR count). The number of carbonyl (C=O) groups is 1. The van der Waals surface area contributed by atoms with Crippen molar-refractivity contribution in [1.29, 1.82) is 0 Å². The summed E-state index contributed by atoms with van der Waals surface area (Å²) >= 11 is 1.89. The highest BCUT2D eigenvalue weighted by Gasteiger charge is 2.26. The van der Waals surface area contributed by atoms with Crippen LogP contribution in [0.3, 0.4) is 0 Å². The molecule has 0 N–H and O–H groups in total. The Hall–Kier alpha value is -2.57. The van der Waals surface area contributed by atoms with Crippen LogP contribution in [-0.2, 0) is 27.2 Å². The first kappa shape index (κ1) is 29.4. The maximum absolute atomic E-state index is 12.0. The van der Waals surface area contributed by atoms with Crippen LogP contribution in [-0.4, -0.2) is 46.6 Å². The highest BCUT2D eigenvalue weighted by atomic mass is 32.2. The average molecular weight is 549 g/mol. The van der Waals surface area contributed by atoms with E-state index in [4.69, 9.17) is 14.6 Å². The van der Waals surface area contributed by atoms with Crippen LogP contribution in [0, 0.1) is 18.8 Å². The molecule has 0 spiro atoms. The number of rotatable bonds is 11. The molecular formula is C33H44N2O3S. The molecular weight excluding hydrogens is 504 g/mol. The maximum atomic E-state index is 12.0. The smallest absolute Gasteiger partial charge is 0.332 e. The van der Waals surface area contributed by atoms with Gasteiger partial charge >= 0.3 is 5.97 Å². The van der Waals surface area contributed by atoms with E-state index >= 15 is 0 Å². The minimum Gasteiger partial charge on any atom is -0.458 e. The zero-order chi connectivity index (χ0) is 27.8. The average Bonchev–Trinajstić information content (AvgIpc) is 3.26. The Morgan fingerprint density at radius 3 is 2.28 bits per heavy atom. The van der Waals surface area contributed by atoms with Gasteiger partial charge in [-0.05, 0) is 89.2 Å². The van der Waals surface area contributed by atoms with Crippen LogP contribution in [0.2, 0.25) is 0 Å². The second-order valence-corrected chi connectivity index (χ2v) is 12.8. The van der Waals surface area contributed by atoms with E-state index in [-0.39, 0.29) is 12.6 Å². The van der Waals surface area contributed by atoms with Crippen molar-refractivity contribution in [3.05, 3.63) is 65.9 Å². The standard InChI is InChI=1S/C33H44N2O3S/c1-24-11-17-28(18-12-24)32-31(27-9-7-6-8-10-27)29(19-20-39-5)35(34-32)21-25-13-15-26(16-14-25)22-37-23-30(36)38-33(2,3)4/h6-12,17-18,25-26H,13-16,19-23H2,1-5H3. The molecule has 5 nitrogen and oxygen atoms in total. The highest BCUT2D eigenvalue weighted by molar-refractivity contribution is 7.98. The van der Waals surface area contributed by atoms with Gasteiger partial charge in [0.05, 0.1) is 6.61 Å². The van der Waals surface area contributed by atoms with Crippen LogP contribution in [0.15, 0.2) is 54.6 Å². The lowest BCUT2D eigenvalue weighted by Gasteiger charge is -2.29. The van der Waals surface area contributed by atoms with Crippen molar-refractivity contribution in [3.63, 3.8) is 0 Å². The molecule has 1 fully saturated rings. The SMILES string of the molecule is CSCCc1c(-c2ccccc2)c(-c2ccc(C)cc2)nn1CC1CCC(COCC(=O)OC(C)(C)C)CC1. The summed E-state index contributed by atoms with van der Waals surface area (Å²) in [5.41, 5.74) is 6.90. The quantitative estimate of drug-likeness (QED) is 0.231. The van der Waals surface area contributed by atoms with Gasteiger partial charge in [0.15, 0.2) is 0 Å². The minimum absolute atomic E-state index is 0.0351. The number of hydrogen-bond donors (Lipinski definition) is 0. The molecule has 0 amide bonds. The molecule has 6 heteroatoms. The molecule has 0 bridgehead atoms. The van der Waals surface area contributed by atoms with E-state index in [0.717, 1.165) is 50.1 Å². The number of carbonyl (C=O) groups excluding carboxylic acids is 1. The monoisotopic (exact) mass is 548 g/mol. The van der Waals surface area contributed by atoms with Gasteiger partial charge in [0.2, 0.25) is 0 Å². The molecule has 1 aliphatic rings. The fraction of sp³-hybridized carbons (Fsp3) is 0.515. The number of thioether (sulfide) groups is 1. The summed E-state index contributed by atoms with van der Waals surface area (Å²) in [4.78, 5) is 12.0. The van der Waals surface area contributed by atoms with Crippen molar-refractivity contribution in [1.82, 2.24) is 9.78 Å². The third kappa shape index (κ3) is 8.46. The number of nitrogens with zero attached hydrogens (tertiary/aromatic N) is 2. The second kappa shape index (κ2) is 13.7. The molecule has 1 aromatic heterocycles. The number of aromatic nitrogens is 2. The van der Waals surface area contributed by atoms with E-state index in [0.29, 0.717) is 18.4 Å². The lowest BCUT2D eigenvalue weighted by Crippen LogP contribution is -2.28. The molecule has 0 aliphatic heterocycles. The lowest BCUT2D eigenvalue weighted by atomic mass is 9.82. The Morgan fingerprint density at radius 2 is 1.64 bits per heavy atom. The Balaban J connectivity index is 1.47. The van der Waals surface area contributed by atoms with Crippen molar-refractivity contribution in [2.24, 2.45) is 11.8 Å². The van der Waals surface area contributed by atoms with Crippen LogP contribution in [0.25, 0.3) is 22.4 Å². The third-order valence-corrected chi connectivity index (χ3v) is 7.99. The first-order valence-electron chi connectivity index (χ1n) is 14.2. The number of hydrogen-bond acceptors (Lipinski definition) is 5. The zero-order valence-corrected chi connectivity index (χ0v) is 25.1. The number of benzene rings is 2. The van der Waals surface area contributed by atoms with Crippen LogP contribution in [0.5, 0.6) is 0 Å². The van der Waals surface area contributed by atoms with Gasteiger partial charge in [-0.2, -0.15) is 16.9 Å². The van der Waals surface area contributed by atoms with Crippen LogP contribution in [0.4, 0.5) is 0 Å². The lowest BCUT2D eigenvalue weighted by molar-refractivity contribution is -0.160. The summed E-state index contributed by atoms with van der Waals surface area (Å²) < 4.78 is 13.4. The normalized spacial score (nSPS) is 17.8. The fourth-order valence-corrected chi connectivity index (χ4v) is 5.82. The van der Waals surface area contributed by atoms with Crippen molar-refractivity contribution in [2.75, 3.05) is 25.2 Å². The van der Waals surface area contributed by atoms with Crippen molar-refractivity contribution in [2.45, 2.75) is 71.9 Å². The summed E-state index contributed by atoms with van der Waals surface area (Å²) in [6, 6.07) is 19.5. The minimum atomic E-state index is -0.473. The summed E-state index contributed by atoms with van der Waals surface area (Å²) in [7, 11) is 0. The fourth-order valence-electron chi connectivity index (χ4n) is 5.43. The van der Waals surface area contributed by atoms with Gasteiger partial charge in [0, 0.05) is 23.4 Å². The largest absolute Gasteiger partial charge is 0.458 e. The van der Waals surface area contributed by atoms with E-state index in [9.17, 15) is 4.79 Å². The Kier molecular flexibility index (Phi) is 10.3. The van der Waals surface area contributed by atoms with Crippen LogP contribution < -0.4 is 0 Å². The molecule has 2 aromatic carbocycles. The molecule has 210 valence electrons. The Bertz CT molecular complexity index is 1190. The summed E-state index contributed by atoms with van der Waals surface area (Å²) in [5.74, 6) is 1.88. The molecule has 0 atom stereocenters. The van der Waals surface area contributed by atoms with Crippen molar-refractivity contribution in [3.8, 4) is 22.4 Å². The molecule has 1 aliphatic carbocycles. The van der Waals surface area contributed by atoms with E-state index < -0.39 is 5.60 Å². The maximum Gasteiger partial charge on any atom is 0.332 e. The molecule has 39 heavy (non-hydrogen) atoms.